The summed E-state index contributed by atoms with van der Waals surface area (Å²) in [4.78, 5) is 0. The lowest BCUT2D eigenvalue weighted by Crippen LogP contribution is -1.96. The molecule has 0 aliphatic rings. The molecule has 2 N–H and O–H groups in total. The summed E-state index contributed by atoms with van der Waals surface area (Å²) in [7, 11) is 0. The van der Waals surface area contributed by atoms with Crippen molar-refractivity contribution in [3.05, 3.63) is 54.1 Å². The molecular formula is C14H13N3. The normalized spacial score (nSPS) is 10.9. The molecule has 17 heavy (non-hydrogen) atoms. The van der Waals surface area contributed by atoms with Gasteiger partial charge < -0.3 is 5.73 Å². The first kappa shape index (κ1) is 9.90. The largest absolute Gasteiger partial charge is 0.384 e. The second kappa shape index (κ2) is 3.63. The van der Waals surface area contributed by atoms with Crippen LogP contribution in [-0.4, -0.2) is 9.61 Å². The summed E-state index contributed by atoms with van der Waals surface area (Å²) in [6.07, 6.45) is 0. The van der Waals surface area contributed by atoms with Gasteiger partial charge in [0.1, 0.15) is 5.82 Å². The third-order valence-electron chi connectivity index (χ3n) is 2.83. The van der Waals surface area contributed by atoms with Gasteiger partial charge in [-0.1, -0.05) is 29.8 Å². The van der Waals surface area contributed by atoms with Gasteiger partial charge in [0.15, 0.2) is 0 Å². The zero-order valence-electron chi connectivity index (χ0n) is 9.59. The molecular weight excluding hydrogens is 210 g/mol. The number of hydrogen-bond acceptors (Lipinski definition) is 2. The Morgan fingerprint density at radius 2 is 1.88 bits per heavy atom. The Morgan fingerprint density at radius 1 is 1.06 bits per heavy atom. The number of nitrogens with two attached hydrogens (primary N) is 1. The van der Waals surface area contributed by atoms with Crippen LogP contribution in [0.2, 0.25) is 0 Å². The van der Waals surface area contributed by atoms with Crippen LogP contribution >= 0.6 is 0 Å². The van der Waals surface area contributed by atoms with Crippen molar-refractivity contribution in [1.82, 2.24) is 9.61 Å². The van der Waals surface area contributed by atoms with E-state index < -0.39 is 0 Å². The first-order chi connectivity index (χ1) is 8.24. The van der Waals surface area contributed by atoms with Crippen molar-refractivity contribution >= 4 is 11.3 Å². The fraction of sp³-hybridized carbons (Fsp3) is 0.0714. The molecule has 0 aliphatic carbocycles. The monoisotopic (exact) mass is 223 g/mol. The van der Waals surface area contributed by atoms with Gasteiger partial charge in [0, 0.05) is 5.56 Å². The Morgan fingerprint density at radius 3 is 2.65 bits per heavy atom. The molecule has 2 aromatic heterocycles. The van der Waals surface area contributed by atoms with E-state index in [0.717, 1.165) is 16.8 Å². The Kier molecular flexibility index (Phi) is 2.11. The molecule has 0 unspecified atom stereocenters. The maximum absolute atomic E-state index is 5.88. The van der Waals surface area contributed by atoms with E-state index >= 15 is 0 Å². The van der Waals surface area contributed by atoms with E-state index in [4.69, 9.17) is 5.73 Å². The van der Waals surface area contributed by atoms with Crippen molar-refractivity contribution in [1.29, 1.82) is 0 Å². The SMILES string of the molecule is Cc1cccc(-c2cc3cccc(N)n3n2)c1. The van der Waals surface area contributed by atoms with Crippen LogP contribution in [0.25, 0.3) is 16.8 Å². The summed E-state index contributed by atoms with van der Waals surface area (Å²) in [5.41, 5.74) is 10.2. The van der Waals surface area contributed by atoms with E-state index in [9.17, 15) is 0 Å². The van der Waals surface area contributed by atoms with Crippen LogP contribution in [0.4, 0.5) is 5.82 Å². The van der Waals surface area contributed by atoms with E-state index in [2.05, 4.69) is 30.2 Å². The molecule has 2 heterocycles. The zero-order chi connectivity index (χ0) is 11.8. The molecule has 84 valence electrons. The maximum Gasteiger partial charge on any atom is 0.125 e. The van der Waals surface area contributed by atoms with E-state index in [1.165, 1.54) is 5.56 Å². The summed E-state index contributed by atoms with van der Waals surface area (Å²) in [6.45, 7) is 2.08. The minimum Gasteiger partial charge on any atom is -0.384 e. The van der Waals surface area contributed by atoms with Crippen LogP contribution in [0.1, 0.15) is 5.56 Å². The van der Waals surface area contributed by atoms with Crippen molar-refractivity contribution < 1.29 is 0 Å². The minimum atomic E-state index is 0.654. The quantitative estimate of drug-likeness (QED) is 0.689. The fourth-order valence-corrected chi connectivity index (χ4v) is 1.98. The van der Waals surface area contributed by atoms with Crippen LogP contribution < -0.4 is 5.73 Å². The highest BCUT2D eigenvalue weighted by atomic mass is 15.3. The van der Waals surface area contributed by atoms with Gasteiger partial charge in [0.2, 0.25) is 0 Å². The van der Waals surface area contributed by atoms with Gasteiger partial charge in [-0.15, -0.1) is 0 Å². The number of nitrogen functional groups attached to an aromatic ring is 1. The Bertz CT molecular complexity index is 683. The molecule has 3 heteroatoms. The summed E-state index contributed by atoms with van der Waals surface area (Å²) in [5.74, 6) is 0.654. The van der Waals surface area contributed by atoms with Crippen LogP contribution in [0.5, 0.6) is 0 Å². The summed E-state index contributed by atoms with van der Waals surface area (Å²) >= 11 is 0. The lowest BCUT2D eigenvalue weighted by Gasteiger charge is -1.98. The topological polar surface area (TPSA) is 43.3 Å². The highest BCUT2D eigenvalue weighted by Gasteiger charge is 2.05. The molecule has 0 spiro atoms. The van der Waals surface area contributed by atoms with E-state index in [1.807, 2.05) is 30.3 Å². The Balaban J connectivity index is 2.22. The number of rotatable bonds is 1. The highest BCUT2D eigenvalue weighted by molar-refractivity contribution is 5.67. The number of hydrogen-bond donors (Lipinski definition) is 1. The highest BCUT2D eigenvalue weighted by Crippen LogP contribution is 2.21. The first-order valence-electron chi connectivity index (χ1n) is 5.55. The Hall–Kier alpha value is -2.29. The maximum atomic E-state index is 5.88. The Labute approximate surface area is 99.5 Å². The second-order valence-corrected chi connectivity index (χ2v) is 4.19. The number of nitrogens with zero attached hydrogens (tertiary/aromatic N) is 2. The predicted molar refractivity (Wildman–Crippen MR) is 69.8 cm³/mol. The van der Waals surface area contributed by atoms with E-state index in [1.54, 1.807) is 4.52 Å². The molecule has 3 aromatic rings. The molecule has 3 rings (SSSR count). The molecule has 0 fully saturated rings. The third kappa shape index (κ3) is 1.65. The number of aromatic nitrogens is 2. The van der Waals surface area contributed by atoms with Gasteiger partial charge >= 0.3 is 0 Å². The van der Waals surface area contributed by atoms with Gasteiger partial charge in [0.05, 0.1) is 11.2 Å². The molecule has 0 saturated carbocycles. The molecule has 0 saturated heterocycles. The average molecular weight is 223 g/mol. The molecule has 0 amide bonds. The number of anilines is 1. The fourth-order valence-electron chi connectivity index (χ4n) is 1.98. The van der Waals surface area contributed by atoms with E-state index in [0.29, 0.717) is 5.82 Å². The summed E-state index contributed by atoms with van der Waals surface area (Å²) in [5, 5.41) is 4.52. The summed E-state index contributed by atoms with van der Waals surface area (Å²) in [6, 6.07) is 16.1. The molecule has 0 bridgehead atoms. The van der Waals surface area contributed by atoms with Crippen LogP contribution in [0, 0.1) is 6.92 Å². The standard InChI is InChI=1S/C14H13N3/c1-10-4-2-5-11(8-10)13-9-12-6-3-7-14(15)17(12)16-13/h2-9H,15H2,1H3. The van der Waals surface area contributed by atoms with Crippen LogP contribution in [0.15, 0.2) is 48.5 Å². The number of benzene rings is 1. The van der Waals surface area contributed by atoms with Gasteiger partial charge in [0.25, 0.3) is 0 Å². The van der Waals surface area contributed by atoms with Crippen molar-refractivity contribution in [2.24, 2.45) is 0 Å². The van der Waals surface area contributed by atoms with Crippen molar-refractivity contribution in [2.45, 2.75) is 6.92 Å². The van der Waals surface area contributed by atoms with Gasteiger partial charge in [-0.05, 0) is 31.2 Å². The van der Waals surface area contributed by atoms with Crippen LogP contribution in [0.3, 0.4) is 0 Å². The average Bonchev–Trinajstić information content (AvgIpc) is 2.74. The van der Waals surface area contributed by atoms with Gasteiger partial charge in [-0.2, -0.15) is 5.10 Å². The predicted octanol–water partition coefficient (Wildman–Crippen LogP) is 2.89. The molecule has 0 aliphatic heterocycles. The number of aryl methyl sites for hydroxylation is 1. The van der Waals surface area contributed by atoms with Gasteiger partial charge in [-0.25, -0.2) is 4.52 Å². The van der Waals surface area contributed by atoms with E-state index in [-0.39, 0.29) is 0 Å². The first-order valence-corrected chi connectivity index (χ1v) is 5.55. The molecule has 3 nitrogen and oxygen atoms in total. The molecule has 1 aromatic carbocycles. The summed E-state index contributed by atoms with van der Waals surface area (Å²) < 4.78 is 1.76. The van der Waals surface area contributed by atoms with Crippen molar-refractivity contribution in [3.63, 3.8) is 0 Å². The number of pyridine rings is 1. The van der Waals surface area contributed by atoms with Gasteiger partial charge in [-0.3, -0.25) is 0 Å². The van der Waals surface area contributed by atoms with Crippen molar-refractivity contribution in [2.75, 3.05) is 5.73 Å². The smallest absolute Gasteiger partial charge is 0.125 e. The third-order valence-corrected chi connectivity index (χ3v) is 2.83. The zero-order valence-corrected chi connectivity index (χ0v) is 9.59. The second-order valence-electron chi connectivity index (χ2n) is 4.19. The lowest BCUT2D eigenvalue weighted by molar-refractivity contribution is 0.978. The molecule has 0 atom stereocenters. The van der Waals surface area contributed by atoms with Crippen LogP contribution in [-0.2, 0) is 0 Å². The minimum absolute atomic E-state index is 0.654. The number of fused-ring (bicyclic) bond motifs is 1. The lowest BCUT2D eigenvalue weighted by atomic mass is 10.1. The molecule has 0 radical (unpaired) electrons. The van der Waals surface area contributed by atoms with Crippen molar-refractivity contribution in [3.8, 4) is 11.3 Å².